The predicted molar refractivity (Wildman–Crippen MR) is 113 cm³/mol. The quantitative estimate of drug-likeness (QED) is 0.422. The van der Waals surface area contributed by atoms with Gasteiger partial charge in [0.2, 0.25) is 13.4 Å². The van der Waals surface area contributed by atoms with Crippen LogP contribution < -0.4 is 21.9 Å². The van der Waals surface area contributed by atoms with Crippen molar-refractivity contribution in [3.05, 3.63) is 69.7 Å². The zero-order chi connectivity index (χ0) is 17.3. The van der Waals surface area contributed by atoms with Crippen molar-refractivity contribution in [1.29, 1.82) is 0 Å². The van der Waals surface area contributed by atoms with Crippen LogP contribution >= 0.6 is 23.2 Å². The third-order valence-electron chi connectivity index (χ3n) is 5.99. The normalized spacial score (nSPS) is 14.1. The minimum absolute atomic E-state index is 0.328. The first-order valence-corrected chi connectivity index (χ1v) is 9.54. The van der Waals surface area contributed by atoms with E-state index < -0.39 is 0 Å². The molecule has 5 rings (SSSR count). The van der Waals surface area contributed by atoms with E-state index in [0.29, 0.717) is 23.5 Å². The molecule has 1 aliphatic heterocycles. The van der Waals surface area contributed by atoms with Crippen molar-refractivity contribution in [2.45, 2.75) is 20.1 Å². The van der Waals surface area contributed by atoms with Crippen LogP contribution in [0.25, 0.3) is 11.1 Å². The number of benzene rings is 3. The summed E-state index contributed by atoms with van der Waals surface area (Å²) in [7, 11) is 0. The van der Waals surface area contributed by atoms with Crippen molar-refractivity contribution in [2.24, 2.45) is 0 Å². The molecule has 3 aromatic carbocycles. The van der Waals surface area contributed by atoms with Crippen LogP contribution in [-0.4, -0.2) is 13.4 Å². The summed E-state index contributed by atoms with van der Waals surface area (Å²) in [6.07, 6.45) is 1.04. The predicted octanol–water partition coefficient (Wildman–Crippen LogP) is 3.36. The van der Waals surface area contributed by atoms with E-state index in [1.165, 1.54) is 44.1 Å². The molecule has 0 saturated heterocycles. The largest absolute Gasteiger partial charge is 0.204 e. The molecule has 120 valence electrons. The molecule has 0 amide bonds. The van der Waals surface area contributed by atoms with Gasteiger partial charge in [-0.1, -0.05) is 95.1 Å². The van der Waals surface area contributed by atoms with Crippen LogP contribution in [0.15, 0.2) is 48.5 Å². The van der Waals surface area contributed by atoms with Crippen molar-refractivity contribution in [2.75, 3.05) is 0 Å². The Morgan fingerprint density at radius 1 is 0.680 bits per heavy atom. The zero-order valence-electron chi connectivity index (χ0n) is 14.2. The summed E-state index contributed by atoms with van der Waals surface area (Å²) in [5, 5.41) is 1.30. The Hall–Kier alpha value is -1.63. The highest BCUT2D eigenvalue weighted by molar-refractivity contribution is 7.02. The van der Waals surface area contributed by atoms with E-state index in [-0.39, 0.29) is 0 Å². The highest BCUT2D eigenvalue weighted by Crippen LogP contribution is 2.35. The summed E-state index contributed by atoms with van der Waals surface area (Å²) < 4.78 is 0. The molecule has 0 atom stereocenters. The number of halogens is 2. The standard InChI is InChI=1S/C21H16B2Cl2/c1-22-16-8-13-7-12-5-3-4-6-14(12)15(13)9-17(16)23(2)19-11-21(25)20(24)10-18(19)22/h3-6,8-11H,7H2,1-2H3. The van der Waals surface area contributed by atoms with Gasteiger partial charge in [-0.15, -0.1) is 0 Å². The van der Waals surface area contributed by atoms with E-state index in [1.807, 2.05) is 0 Å². The molecule has 3 aromatic rings. The summed E-state index contributed by atoms with van der Waals surface area (Å²) in [5.74, 6) is 0. The van der Waals surface area contributed by atoms with Gasteiger partial charge in [-0.3, -0.25) is 0 Å². The maximum Gasteiger partial charge on any atom is 0.204 e. The van der Waals surface area contributed by atoms with Gasteiger partial charge in [-0.05, 0) is 40.8 Å². The number of hydrogen-bond acceptors (Lipinski definition) is 0. The van der Waals surface area contributed by atoms with E-state index >= 15 is 0 Å². The molecule has 0 spiro atoms. The second kappa shape index (κ2) is 5.43. The molecular formula is C21H16B2Cl2. The van der Waals surface area contributed by atoms with Gasteiger partial charge in [-0.25, -0.2) is 0 Å². The van der Waals surface area contributed by atoms with Crippen molar-refractivity contribution in [3.8, 4) is 11.1 Å². The molecule has 1 aliphatic carbocycles. The van der Waals surface area contributed by atoms with Gasteiger partial charge in [0.1, 0.15) is 0 Å². The molecule has 25 heavy (non-hydrogen) atoms. The van der Waals surface area contributed by atoms with Crippen molar-refractivity contribution >= 4 is 58.5 Å². The van der Waals surface area contributed by atoms with Gasteiger partial charge in [-0.2, -0.15) is 0 Å². The molecular weight excluding hydrogens is 345 g/mol. The summed E-state index contributed by atoms with van der Waals surface area (Å²) in [6.45, 7) is 5.22. The van der Waals surface area contributed by atoms with E-state index in [2.05, 4.69) is 62.2 Å². The lowest BCUT2D eigenvalue weighted by Crippen LogP contribution is -2.66. The maximum absolute atomic E-state index is 6.31. The SMILES string of the molecule is CB1c2cc(Cl)c(Cl)cc2B(C)c2cc3c(cc21)Cc1ccccc1-3. The fourth-order valence-electron chi connectivity index (χ4n) is 4.63. The Kier molecular flexibility index (Phi) is 3.39. The Morgan fingerprint density at radius 3 is 1.92 bits per heavy atom. The molecule has 4 heteroatoms. The fraction of sp³-hybridized carbons (Fsp3) is 0.143. The second-order valence-electron chi connectivity index (χ2n) is 7.31. The number of hydrogen-bond donors (Lipinski definition) is 0. The molecule has 0 bridgehead atoms. The third-order valence-corrected chi connectivity index (χ3v) is 6.71. The summed E-state index contributed by atoms with van der Waals surface area (Å²) in [4.78, 5) is 0. The summed E-state index contributed by atoms with van der Waals surface area (Å²) in [6, 6.07) is 17.7. The summed E-state index contributed by atoms with van der Waals surface area (Å²) >= 11 is 12.6. The molecule has 0 unspecified atom stereocenters. The van der Waals surface area contributed by atoms with Crippen LogP contribution in [0.1, 0.15) is 11.1 Å². The van der Waals surface area contributed by atoms with Crippen LogP contribution in [0.5, 0.6) is 0 Å². The average molecular weight is 361 g/mol. The Bertz CT molecular complexity index is 1040. The second-order valence-corrected chi connectivity index (χ2v) is 8.13. The van der Waals surface area contributed by atoms with E-state index in [0.717, 1.165) is 6.42 Å². The molecule has 0 fully saturated rings. The molecule has 0 N–H and O–H groups in total. The van der Waals surface area contributed by atoms with Gasteiger partial charge in [0.05, 0.1) is 10.0 Å². The lowest BCUT2D eigenvalue weighted by molar-refractivity contribution is 1.27. The highest BCUT2D eigenvalue weighted by atomic mass is 35.5. The van der Waals surface area contributed by atoms with Crippen molar-refractivity contribution < 1.29 is 0 Å². The van der Waals surface area contributed by atoms with E-state index in [1.54, 1.807) is 0 Å². The summed E-state index contributed by atoms with van der Waals surface area (Å²) in [5.41, 5.74) is 11.1. The first-order valence-electron chi connectivity index (χ1n) is 8.78. The molecule has 1 heterocycles. The lowest BCUT2D eigenvalue weighted by atomic mass is 9.25. The molecule has 2 aliphatic rings. The van der Waals surface area contributed by atoms with Crippen molar-refractivity contribution in [1.82, 2.24) is 0 Å². The van der Waals surface area contributed by atoms with Gasteiger partial charge in [0.25, 0.3) is 0 Å². The highest BCUT2D eigenvalue weighted by Gasteiger charge is 2.34. The molecule has 0 aromatic heterocycles. The van der Waals surface area contributed by atoms with E-state index in [4.69, 9.17) is 23.2 Å². The van der Waals surface area contributed by atoms with Gasteiger partial charge in [0.15, 0.2) is 0 Å². The smallest absolute Gasteiger partial charge is 0.0827 e. The van der Waals surface area contributed by atoms with Gasteiger partial charge < -0.3 is 0 Å². The van der Waals surface area contributed by atoms with Crippen LogP contribution in [0, 0.1) is 0 Å². The Balaban J connectivity index is 1.73. The van der Waals surface area contributed by atoms with Crippen LogP contribution in [0.2, 0.25) is 23.7 Å². The van der Waals surface area contributed by atoms with Crippen molar-refractivity contribution in [3.63, 3.8) is 0 Å². The monoisotopic (exact) mass is 360 g/mol. The topological polar surface area (TPSA) is 0 Å². The van der Waals surface area contributed by atoms with Crippen LogP contribution in [0.4, 0.5) is 0 Å². The van der Waals surface area contributed by atoms with Crippen LogP contribution in [-0.2, 0) is 6.42 Å². The minimum atomic E-state index is 0.328. The number of rotatable bonds is 0. The third kappa shape index (κ3) is 2.17. The van der Waals surface area contributed by atoms with Gasteiger partial charge >= 0.3 is 0 Å². The first-order chi connectivity index (χ1) is 12.0. The Morgan fingerprint density at radius 2 is 1.24 bits per heavy atom. The molecule has 0 saturated carbocycles. The molecule has 0 radical (unpaired) electrons. The Labute approximate surface area is 159 Å². The van der Waals surface area contributed by atoms with Gasteiger partial charge in [0, 0.05) is 0 Å². The fourth-order valence-corrected chi connectivity index (χ4v) is 4.98. The first kappa shape index (κ1) is 15.6. The number of fused-ring (bicyclic) bond motifs is 5. The zero-order valence-corrected chi connectivity index (χ0v) is 15.7. The average Bonchev–Trinajstić information content (AvgIpc) is 2.98. The van der Waals surface area contributed by atoms with Crippen LogP contribution in [0.3, 0.4) is 0 Å². The molecule has 0 nitrogen and oxygen atoms in total. The van der Waals surface area contributed by atoms with E-state index in [9.17, 15) is 0 Å². The maximum atomic E-state index is 6.31. The lowest BCUT2D eigenvalue weighted by Gasteiger charge is -2.29. The minimum Gasteiger partial charge on any atom is -0.0827 e.